The van der Waals surface area contributed by atoms with Crippen molar-refractivity contribution in [1.82, 2.24) is 5.32 Å². The molecule has 1 fully saturated rings. The average Bonchev–Trinajstić information content (AvgIpc) is 3.20. The molecule has 0 aliphatic carbocycles. The van der Waals surface area contributed by atoms with E-state index in [1.807, 2.05) is 12.1 Å². The zero-order valence-corrected chi connectivity index (χ0v) is 16.0. The molecule has 1 amide bonds. The van der Waals surface area contributed by atoms with E-state index in [1.54, 1.807) is 39.5 Å². The van der Waals surface area contributed by atoms with E-state index in [1.165, 1.54) is 5.69 Å². The molecule has 2 aromatic rings. The van der Waals surface area contributed by atoms with Crippen LogP contribution in [-0.4, -0.2) is 46.9 Å². The standard InChI is InChI=1S/C21H26N2O4/c1-25-17-9-7-16(8-10-17)23-12-11-15(14-23)13-22-21(24)20-18(26-2)5-4-6-19(20)27-3/h4-10,15H,11-14H2,1-3H3,(H,22,24). The van der Waals surface area contributed by atoms with E-state index in [4.69, 9.17) is 14.2 Å². The molecule has 6 heteroatoms. The average molecular weight is 370 g/mol. The minimum absolute atomic E-state index is 0.174. The van der Waals surface area contributed by atoms with Gasteiger partial charge in [0.2, 0.25) is 0 Å². The molecule has 0 saturated carbocycles. The fourth-order valence-corrected chi connectivity index (χ4v) is 3.43. The Morgan fingerprint density at radius 1 is 1.04 bits per heavy atom. The van der Waals surface area contributed by atoms with Crippen LogP contribution in [0.25, 0.3) is 0 Å². The van der Waals surface area contributed by atoms with Crippen molar-refractivity contribution in [2.75, 3.05) is 45.9 Å². The zero-order valence-electron chi connectivity index (χ0n) is 16.0. The summed E-state index contributed by atoms with van der Waals surface area (Å²) < 4.78 is 15.8. The molecule has 1 saturated heterocycles. The highest BCUT2D eigenvalue weighted by Gasteiger charge is 2.25. The first kappa shape index (κ1) is 18.9. The van der Waals surface area contributed by atoms with Gasteiger partial charge >= 0.3 is 0 Å². The summed E-state index contributed by atoms with van der Waals surface area (Å²) in [6.07, 6.45) is 1.04. The lowest BCUT2D eigenvalue weighted by atomic mass is 10.1. The first-order valence-corrected chi connectivity index (χ1v) is 9.04. The third-order valence-corrected chi connectivity index (χ3v) is 4.93. The molecule has 27 heavy (non-hydrogen) atoms. The van der Waals surface area contributed by atoms with Gasteiger partial charge in [-0.3, -0.25) is 4.79 Å². The number of nitrogens with zero attached hydrogens (tertiary/aromatic N) is 1. The van der Waals surface area contributed by atoms with E-state index in [0.29, 0.717) is 29.5 Å². The number of ether oxygens (including phenoxy) is 3. The van der Waals surface area contributed by atoms with Crippen LogP contribution in [0.4, 0.5) is 5.69 Å². The number of hydrogen-bond donors (Lipinski definition) is 1. The third-order valence-electron chi connectivity index (χ3n) is 4.93. The Bertz CT molecular complexity index is 754. The highest BCUT2D eigenvalue weighted by molar-refractivity contribution is 5.99. The number of methoxy groups -OCH3 is 3. The molecule has 0 aromatic heterocycles. The number of hydrogen-bond acceptors (Lipinski definition) is 5. The molecule has 1 aliphatic rings. The van der Waals surface area contributed by atoms with Crippen LogP contribution in [0.5, 0.6) is 17.2 Å². The van der Waals surface area contributed by atoms with Gasteiger partial charge in [-0.1, -0.05) is 6.07 Å². The molecule has 144 valence electrons. The quantitative estimate of drug-likeness (QED) is 0.812. The van der Waals surface area contributed by atoms with E-state index in [0.717, 1.165) is 25.3 Å². The van der Waals surface area contributed by atoms with Crippen molar-refractivity contribution in [3.63, 3.8) is 0 Å². The minimum atomic E-state index is -0.174. The number of carbonyl (C=O) groups is 1. The van der Waals surface area contributed by atoms with Crippen LogP contribution in [0, 0.1) is 5.92 Å². The summed E-state index contributed by atoms with van der Waals surface area (Å²) in [6.45, 7) is 2.51. The van der Waals surface area contributed by atoms with Gasteiger partial charge in [0.1, 0.15) is 22.8 Å². The summed E-state index contributed by atoms with van der Waals surface area (Å²) in [4.78, 5) is 15.0. The second kappa shape index (κ2) is 8.66. The molecular formula is C21H26N2O4. The summed E-state index contributed by atoms with van der Waals surface area (Å²) in [5.74, 6) is 2.10. The molecule has 0 bridgehead atoms. The monoisotopic (exact) mass is 370 g/mol. The SMILES string of the molecule is COc1ccc(N2CCC(CNC(=O)c3c(OC)cccc3OC)C2)cc1. The molecule has 1 unspecified atom stereocenters. The second-order valence-electron chi connectivity index (χ2n) is 6.55. The number of rotatable bonds is 7. The van der Waals surface area contributed by atoms with Gasteiger partial charge in [0.25, 0.3) is 5.91 Å². The number of carbonyl (C=O) groups excluding carboxylic acids is 1. The van der Waals surface area contributed by atoms with Crippen LogP contribution in [0.1, 0.15) is 16.8 Å². The Labute approximate surface area is 160 Å². The predicted octanol–water partition coefficient (Wildman–Crippen LogP) is 2.97. The van der Waals surface area contributed by atoms with Crippen LogP contribution in [0.2, 0.25) is 0 Å². The first-order valence-electron chi connectivity index (χ1n) is 9.04. The molecule has 1 heterocycles. The van der Waals surface area contributed by atoms with Gasteiger partial charge in [-0.05, 0) is 48.7 Å². The summed E-state index contributed by atoms with van der Waals surface area (Å²) in [5.41, 5.74) is 1.61. The van der Waals surface area contributed by atoms with Crippen LogP contribution in [0.15, 0.2) is 42.5 Å². The number of anilines is 1. The first-order chi connectivity index (χ1) is 13.2. The topological polar surface area (TPSA) is 60.0 Å². The summed E-state index contributed by atoms with van der Waals surface area (Å²) in [7, 11) is 4.77. The Balaban J connectivity index is 1.59. The normalized spacial score (nSPS) is 16.1. The maximum Gasteiger partial charge on any atom is 0.258 e. The van der Waals surface area contributed by atoms with Crippen LogP contribution in [-0.2, 0) is 0 Å². The molecule has 0 spiro atoms. The molecule has 2 aromatic carbocycles. The lowest BCUT2D eigenvalue weighted by Crippen LogP contribution is -2.31. The van der Waals surface area contributed by atoms with E-state index in [9.17, 15) is 4.79 Å². The van der Waals surface area contributed by atoms with Gasteiger partial charge in [0.15, 0.2) is 0 Å². The largest absolute Gasteiger partial charge is 0.497 e. The van der Waals surface area contributed by atoms with Crippen LogP contribution < -0.4 is 24.4 Å². The number of nitrogens with one attached hydrogen (secondary N) is 1. The highest BCUT2D eigenvalue weighted by atomic mass is 16.5. The van der Waals surface area contributed by atoms with Gasteiger partial charge in [-0.2, -0.15) is 0 Å². The van der Waals surface area contributed by atoms with Gasteiger partial charge in [-0.15, -0.1) is 0 Å². The van der Waals surface area contributed by atoms with E-state index in [-0.39, 0.29) is 5.91 Å². The Hall–Kier alpha value is -2.89. The van der Waals surface area contributed by atoms with Crippen molar-refractivity contribution in [3.05, 3.63) is 48.0 Å². The molecule has 0 radical (unpaired) electrons. The van der Waals surface area contributed by atoms with Crippen LogP contribution >= 0.6 is 0 Å². The molecule has 1 atom stereocenters. The lowest BCUT2D eigenvalue weighted by Gasteiger charge is -2.19. The minimum Gasteiger partial charge on any atom is -0.497 e. The smallest absolute Gasteiger partial charge is 0.258 e. The third kappa shape index (κ3) is 4.27. The van der Waals surface area contributed by atoms with Gasteiger partial charge in [-0.25, -0.2) is 0 Å². The molecule has 6 nitrogen and oxygen atoms in total. The van der Waals surface area contributed by atoms with Crippen molar-refractivity contribution in [1.29, 1.82) is 0 Å². The van der Waals surface area contributed by atoms with E-state index in [2.05, 4.69) is 22.3 Å². The second-order valence-corrected chi connectivity index (χ2v) is 6.55. The maximum absolute atomic E-state index is 12.7. The fourth-order valence-electron chi connectivity index (χ4n) is 3.43. The lowest BCUT2D eigenvalue weighted by molar-refractivity contribution is 0.0942. The molecule has 1 N–H and O–H groups in total. The van der Waals surface area contributed by atoms with Gasteiger partial charge in [0, 0.05) is 25.3 Å². The van der Waals surface area contributed by atoms with Gasteiger partial charge < -0.3 is 24.4 Å². The predicted molar refractivity (Wildman–Crippen MR) is 105 cm³/mol. The van der Waals surface area contributed by atoms with Crippen LogP contribution in [0.3, 0.4) is 0 Å². The highest BCUT2D eigenvalue weighted by Crippen LogP contribution is 2.29. The fraction of sp³-hybridized carbons (Fsp3) is 0.381. The summed E-state index contributed by atoms with van der Waals surface area (Å²) in [5, 5.41) is 3.03. The molecule has 1 aliphatic heterocycles. The van der Waals surface area contributed by atoms with Gasteiger partial charge in [0.05, 0.1) is 21.3 Å². The van der Waals surface area contributed by atoms with Crippen molar-refractivity contribution in [2.24, 2.45) is 5.92 Å². The van der Waals surface area contributed by atoms with E-state index < -0.39 is 0 Å². The summed E-state index contributed by atoms with van der Waals surface area (Å²) >= 11 is 0. The Kier molecular flexibility index (Phi) is 6.06. The maximum atomic E-state index is 12.7. The van der Waals surface area contributed by atoms with E-state index >= 15 is 0 Å². The Morgan fingerprint density at radius 2 is 1.70 bits per heavy atom. The number of amides is 1. The van der Waals surface area contributed by atoms with Crippen molar-refractivity contribution in [2.45, 2.75) is 6.42 Å². The molecular weight excluding hydrogens is 344 g/mol. The zero-order chi connectivity index (χ0) is 19.2. The molecule has 3 rings (SSSR count). The van der Waals surface area contributed by atoms with Crippen molar-refractivity contribution >= 4 is 11.6 Å². The Morgan fingerprint density at radius 3 is 2.30 bits per heavy atom. The number of benzene rings is 2. The summed E-state index contributed by atoms with van der Waals surface area (Å²) in [6, 6.07) is 13.4. The van der Waals surface area contributed by atoms with Crippen molar-refractivity contribution in [3.8, 4) is 17.2 Å². The van der Waals surface area contributed by atoms with Crippen molar-refractivity contribution < 1.29 is 19.0 Å².